The lowest BCUT2D eigenvalue weighted by Crippen LogP contribution is -2.33. The van der Waals surface area contributed by atoms with Crippen LogP contribution in [0.25, 0.3) is 22.2 Å². The summed E-state index contributed by atoms with van der Waals surface area (Å²) in [6.07, 6.45) is 2.34. The molecule has 0 saturated carbocycles. The molecule has 0 fully saturated rings. The third-order valence-corrected chi connectivity index (χ3v) is 5.99. The number of fused-ring (bicyclic) bond motifs is 1. The number of hydrogen-bond donors (Lipinski definition) is 3. The number of carbonyl (C=O) groups excluding carboxylic acids is 1. The van der Waals surface area contributed by atoms with Gasteiger partial charge in [0.15, 0.2) is 16.6 Å². The Morgan fingerprint density at radius 3 is 2.47 bits per heavy atom. The van der Waals surface area contributed by atoms with Gasteiger partial charge in [-0.15, -0.1) is 0 Å². The van der Waals surface area contributed by atoms with E-state index in [4.69, 9.17) is 21.4 Å². The van der Waals surface area contributed by atoms with Gasteiger partial charge in [-0.25, -0.2) is 9.78 Å². The van der Waals surface area contributed by atoms with Crippen molar-refractivity contribution in [3.05, 3.63) is 108 Å². The molecule has 0 bridgehead atoms. The summed E-state index contributed by atoms with van der Waals surface area (Å²) in [6.45, 7) is 0. The zero-order valence-corrected chi connectivity index (χ0v) is 20.3. The number of aromatic amines is 1. The molecule has 5 rings (SSSR count). The van der Waals surface area contributed by atoms with Crippen molar-refractivity contribution in [3.63, 3.8) is 0 Å². The van der Waals surface area contributed by atoms with Crippen LogP contribution in [0.5, 0.6) is 0 Å². The summed E-state index contributed by atoms with van der Waals surface area (Å²) in [6, 6.07) is 26.9. The van der Waals surface area contributed by atoms with Crippen molar-refractivity contribution in [2.75, 3.05) is 12.4 Å². The van der Waals surface area contributed by atoms with Crippen LogP contribution in [0, 0.1) is 0 Å². The van der Waals surface area contributed by atoms with Crippen LogP contribution in [0.4, 0.5) is 5.69 Å². The Hall–Kier alpha value is -4.43. The number of benzene rings is 3. The number of H-pyrrole nitrogens is 1. The van der Waals surface area contributed by atoms with Crippen LogP contribution in [-0.2, 0) is 11.2 Å². The fourth-order valence-electron chi connectivity index (χ4n) is 4.06. The van der Waals surface area contributed by atoms with Crippen molar-refractivity contribution in [3.8, 4) is 11.3 Å². The highest BCUT2D eigenvalue weighted by molar-refractivity contribution is 7.80. The van der Waals surface area contributed by atoms with Crippen LogP contribution >= 0.6 is 12.2 Å². The van der Waals surface area contributed by atoms with Crippen LogP contribution in [0.15, 0.2) is 95.5 Å². The second kappa shape index (κ2) is 10.5. The van der Waals surface area contributed by atoms with Gasteiger partial charge in [0.25, 0.3) is 0 Å². The third kappa shape index (κ3) is 4.99. The largest absolute Gasteiger partial charge is 0.464 e. The zero-order chi connectivity index (χ0) is 24.9. The summed E-state index contributed by atoms with van der Waals surface area (Å²) < 4.78 is 11.3. The number of rotatable bonds is 7. The maximum absolute atomic E-state index is 12.7. The van der Waals surface area contributed by atoms with Gasteiger partial charge in [-0.05, 0) is 36.0 Å². The number of methoxy groups -OCH3 is 1. The highest BCUT2D eigenvalue weighted by Gasteiger charge is 2.28. The number of oxazole rings is 1. The number of hydrogen-bond acceptors (Lipinski definition) is 5. The van der Waals surface area contributed by atoms with E-state index in [1.807, 2.05) is 91.1 Å². The molecular formula is C28H24N4O3S. The topological polar surface area (TPSA) is 92.2 Å². The van der Waals surface area contributed by atoms with E-state index in [-0.39, 0.29) is 5.69 Å². The number of thiocarbonyl (C=S) groups is 1. The fourth-order valence-corrected chi connectivity index (χ4v) is 4.32. The van der Waals surface area contributed by atoms with E-state index in [1.54, 1.807) is 0 Å². The molecule has 3 N–H and O–H groups in total. The molecule has 3 aromatic carbocycles. The molecule has 7 nitrogen and oxygen atoms in total. The van der Waals surface area contributed by atoms with E-state index in [1.165, 1.54) is 7.11 Å². The Morgan fingerprint density at radius 2 is 1.72 bits per heavy atom. The Labute approximate surface area is 213 Å². The first-order valence-electron chi connectivity index (χ1n) is 11.4. The zero-order valence-electron chi connectivity index (χ0n) is 19.5. The van der Waals surface area contributed by atoms with Crippen molar-refractivity contribution in [1.82, 2.24) is 15.3 Å². The van der Waals surface area contributed by atoms with Gasteiger partial charge in [0.2, 0.25) is 5.89 Å². The highest BCUT2D eigenvalue weighted by atomic mass is 32.1. The molecule has 0 aliphatic rings. The van der Waals surface area contributed by atoms with Crippen LogP contribution < -0.4 is 10.6 Å². The van der Waals surface area contributed by atoms with Crippen LogP contribution in [-0.4, -0.2) is 28.2 Å². The minimum Gasteiger partial charge on any atom is -0.464 e. The molecule has 2 aromatic heterocycles. The SMILES string of the molecule is COC(=O)c1nc([C@H](Cc2ccccc2)NC(=S)Nc2ccccc2)oc1-c1c[nH]c2ccccc12. The number of nitrogens with one attached hydrogen (secondary N) is 3. The van der Waals surface area contributed by atoms with Crippen molar-refractivity contribution in [2.45, 2.75) is 12.5 Å². The van der Waals surface area contributed by atoms with Gasteiger partial charge in [-0.1, -0.05) is 66.7 Å². The van der Waals surface area contributed by atoms with Gasteiger partial charge in [0, 0.05) is 34.8 Å². The molecule has 5 aromatic rings. The summed E-state index contributed by atoms with van der Waals surface area (Å²) in [7, 11) is 1.33. The van der Waals surface area contributed by atoms with Crippen LogP contribution in [0.2, 0.25) is 0 Å². The van der Waals surface area contributed by atoms with E-state index in [2.05, 4.69) is 20.6 Å². The molecule has 180 valence electrons. The smallest absolute Gasteiger partial charge is 0.360 e. The Morgan fingerprint density at radius 1 is 1.03 bits per heavy atom. The molecule has 0 aliphatic heterocycles. The maximum Gasteiger partial charge on any atom is 0.360 e. The molecule has 0 spiro atoms. The normalized spacial score (nSPS) is 11.7. The molecule has 0 aliphatic carbocycles. The Balaban J connectivity index is 1.53. The monoisotopic (exact) mass is 496 g/mol. The van der Waals surface area contributed by atoms with E-state index in [0.717, 1.165) is 27.7 Å². The molecular weight excluding hydrogens is 472 g/mol. The van der Waals surface area contributed by atoms with Crippen molar-refractivity contribution >= 4 is 39.9 Å². The minimum atomic E-state index is -0.575. The maximum atomic E-state index is 12.7. The van der Waals surface area contributed by atoms with Gasteiger partial charge in [-0.2, -0.15) is 0 Å². The molecule has 0 unspecified atom stereocenters. The molecule has 8 heteroatoms. The van der Waals surface area contributed by atoms with Crippen LogP contribution in [0.3, 0.4) is 0 Å². The Bertz CT molecular complexity index is 1500. The number of anilines is 1. The first-order chi connectivity index (χ1) is 17.6. The quantitative estimate of drug-likeness (QED) is 0.191. The predicted octanol–water partition coefficient (Wildman–Crippen LogP) is 5.88. The standard InChI is InChI=1S/C28H24N4O3S/c1-34-27(33)24-25(21-17-29-22-15-9-8-14-20(21)22)35-26(32-24)23(16-18-10-4-2-5-11-18)31-28(36)30-19-12-6-3-7-13-19/h2-15,17,23,29H,16H2,1H3,(H2,30,31,36)/t23-/m0/s1. The van der Waals surface area contributed by atoms with Gasteiger partial charge in [-0.3, -0.25) is 0 Å². The van der Waals surface area contributed by atoms with Crippen molar-refractivity contribution in [2.24, 2.45) is 0 Å². The van der Waals surface area contributed by atoms with Gasteiger partial charge >= 0.3 is 5.97 Å². The lowest BCUT2D eigenvalue weighted by molar-refractivity contribution is 0.0595. The Kier molecular flexibility index (Phi) is 6.77. The van der Waals surface area contributed by atoms with E-state index in [9.17, 15) is 4.79 Å². The summed E-state index contributed by atoms with van der Waals surface area (Å²) in [5.41, 5.74) is 3.68. The second-order valence-corrected chi connectivity index (χ2v) is 8.58. The lowest BCUT2D eigenvalue weighted by Gasteiger charge is -2.18. The van der Waals surface area contributed by atoms with E-state index in [0.29, 0.717) is 23.2 Å². The van der Waals surface area contributed by atoms with E-state index >= 15 is 0 Å². The molecule has 2 heterocycles. The number of para-hydroxylation sites is 2. The van der Waals surface area contributed by atoms with Gasteiger partial charge in [0.05, 0.1) is 7.11 Å². The average molecular weight is 497 g/mol. The summed E-state index contributed by atoms with van der Waals surface area (Å²) in [5.74, 6) is 0.0987. The molecule has 1 atom stereocenters. The molecule has 0 saturated heterocycles. The van der Waals surface area contributed by atoms with Crippen molar-refractivity contribution in [1.29, 1.82) is 0 Å². The summed E-state index contributed by atoms with van der Waals surface area (Å²) in [4.78, 5) is 20.5. The fraction of sp³-hybridized carbons (Fsp3) is 0.107. The predicted molar refractivity (Wildman–Crippen MR) is 144 cm³/mol. The van der Waals surface area contributed by atoms with E-state index < -0.39 is 12.0 Å². The summed E-state index contributed by atoms with van der Waals surface area (Å²) >= 11 is 5.60. The average Bonchev–Trinajstić information content (AvgIpc) is 3.54. The van der Waals surface area contributed by atoms with Crippen LogP contribution in [0.1, 0.15) is 28.0 Å². The lowest BCUT2D eigenvalue weighted by atomic mass is 10.1. The molecule has 36 heavy (non-hydrogen) atoms. The number of aromatic nitrogens is 2. The second-order valence-electron chi connectivity index (χ2n) is 8.18. The third-order valence-electron chi connectivity index (χ3n) is 5.77. The number of esters is 1. The number of ether oxygens (including phenoxy) is 1. The highest BCUT2D eigenvalue weighted by Crippen LogP contribution is 2.34. The number of nitrogens with zero attached hydrogens (tertiary/aromatic N) is 1. The summed E-state index contributed by atoms with van der Waals surface area (Å²) in [5, 5.41) is 7.83. The first-order valence-corrected chi connectivity index (χ1v) is 11.8. The first kappa shape index (κ1) is 23.3. The van der Waals surface area contributed by atoms with Gasteiger partial charge < -0.3 is 24.8 Å². The van der Waals surface area contributed by atoms with Gasteiger partial charge in [0.1, 0.15) is 6.04 Å². The molecule has 0 radical (unpaired) electrons. The minimum absolute atomic E-state index is 0.110. The number of carbonyl (C=O) groups is 1. The molecule has 0 amide bonds. The van der Waals surface area contributed by atoms with Crippen molar-refractivity contribution < 1.29 is 13.9 Å².